The molecule has 4 heteroatoms. The van der Waals surface area contributed by atoms with Crippen LogP contribution in [0.3, 0.4) is 0 Å². The van der Waals surface area contributed by atoms with E-state index in [4.69, 9.17) is 0 Å². The molecule has 0 atom stereocenters. The van der Waals surface area contributed by atoms with E-state index >= 15 is 0 Å². The summed E-state index contributed by atoms with van der Waals surface area (Å²) in [4.78, 5) is 4.33. The third kappa shape index (κ3) is 5.28. The largest absolute Gasteiger partial charge is 0.390 e. The van der Waals surface area contributed by atoms with Crippen LogP contribution >= 0.6 is 0 Å². The molecule has 0 spiro atoms. The van der Waals surface area contributed by atoms with Gasteiger partial charge in [-0.25, -0.2) is 4.98 Å². The molecule has 0 saturated carbocycles. The number of aryl methyl sites for hydroxylation is 1. The second kappa shape index (κ2) is 6.01. The molecule has 4 nitrogen and oxygen atoms in total. The monoisotopic (exact) mass is 225 g/mol. The highest BCUT2D eigenvalue weighted by Gasteiger charge is 2.12. The van der Waals surface area contributed by atoms with Crippen LogP contribution in [0.5, 0.6) is 0 Å². The van der Waals surface area contributed by atoms with Gasteiger partial charge < -0.3 is 15.0 Å². The Balaban J connectivity index is 2.33. The lowest BCUT2D eigenvalue weighted by Crippen LogP contribution is -2.20. The number of aromatic nitrogens is 2. The van der Waals surface area contributed by atoms with E-state index in [-0.39, 0.29) is 0 Å². The van der Waals surface area contributed by atoms with Gasteiger partial charge in [0, 0.05) is 25.7 Å². The minimum absolute atomic E-state index is 0.603. The molecule has 1 heterocycles. The first-order valence-corrected chi connectivity index (χ1v) is 5.95. The van der Waals surface area contributed by atoms with Gasteiger partial charge in [0.25, 0.3) is 0 Å². The highest BCUT2D eigenvalue weighted by atomic mass is 16.3. The van der Waals surface area contributed by atoms with E-state index in [9.17, 15) is 5.11 Å². The fourth-order valence-electron chi connectivity index (χ4n) is 1.45. The summed E-state index contributed by atoms with van der Waals surface area (Å²) in [6, 6.07) is 0. The SMILES string of the molecule is CCNCCc1cn(CCC(C)(C)O)cn1. The first kappa shape index (κ1) is 13.2. The summed E-state index contributed by atoms with van der Waals surface area (Å²) >= 11 is 0. The Bertz CT molecular complexity index is 301. The maximum Gasteiger partial charge on any atom is 0.0949 e. The lowest BCUT2D eigenvalue weighted by molar-refractivity contribution is 0.0662. The third-order valence-electron chi connectivity index (χ3n) is 2.48. The molecule has 0 fully saturated rings. The number of rotatable bonds is 7. The number of likely N-dealkylation sites (N-methyl/N-ethyl adjacent to an activating group) is 1. The minimum atomic E-state index is -0.603. The van der Waals surface area contributed by atoms with E-state index in [1.165, 1.54) is 0 Å². The maximum atomic E-state index is 9.62. The van der Waals surface area contributed by atoms with Gasteiger partial charge in [-0.15, -0.1) is 0 Å². The van der Waals surface area contributed by atoms with Crippen LogP contribution < -0.4 is 5.32 Å². The number of nitrogens with one attached hydrogen (secondary N) is 1. The van der Waals surface area contributed by atoms with Crippen molar-refractivity contribution in [3.8, 4) is 0 Å². The summed E-state index contributed by atoms with van der Waals surface area (Å²) in [6.07, 6.45) is 5.61. The van der Waals surface area contributed by atoms with Gasteiger partial charge in [0.1, 0.15) is 0 Å². The molecule has 2 N–H and O–H groups in total. The van der Waals surface area contributed by atoms with E-state index in [1.807, 2.05) is 24.7 Å². The first-order valence-electron chi connectivity index (χ1n) is 5.95. The Morgan fingerprint density at radius 1 is 1.50 bits per heavy atom. The fourth-order valence-corrected chi connectivity index (χ4v) is 1.45. The second-order valence-corrected chi connectivity index (χ2v) is 4.77. The summed E-state index contributed by atoms with van der Waals surface area (Å²) in [5, 5.41) is 12.9. The van der Waals surface area contributed by atoms with Crippen molar-refractivity contribution in [1.82, 2.24) is 14.9 Å². The van der Waals surface area contributed by atoms with Gasteiger partial charge in [-0.3, -0.25) is 0 Å². The topological polar surface area (TPSA) is 50.1 Å². The Morgan fingerprint density at radius 3 is 2.88 bits per heavy atom. The van der Waals surface area contributed by atoms with Crippen LogP contribution in [0.1, 0.15) is 32.9 Å². The van der Waals surface area contributed by atoms with Gasteiger partial charge in [0.05, 0.1) is 17.6 Å². The number of imidazole rings is 1. The molecule has 0 radical (unpaired) electrons. The molecule has 0 amide bonds. The molecule has 0 aliphatic heterocycles. The van der Waals surface area contributed by atoms with Crippen molar-refractivity contribution in [3.05, 3.63) is 18.2 Å². The maximum absolute atomic E-state index is 9.62. The lowest BCUT2D eigenvalue weighted by atomic mass is 10.1. The van der Waals surface area contributed by atoms with Crippen molar-refractivity contribution in [3.63, 3.8) is 0 Å². The van der Waals surface area contributed by atoms with Crippen LogP contribution in [0.15, 0.2) is 12.5 Å². The second-order valence-electron chi connectivity index (χ2n) is 4.77. The van der Waals surface area contributed by atoms with Crippen molar-refractivity contribution >= 4 is 0 Å². The molecule has 1 aromatic heterocycles. The zero-order valence-electron chi connectivity index (χ0n) is 10.5. The molecule has 1 aromatic rings. The van der Waals surface area contributed by atoms with E-state index in [1.54, 1.807) is 0 Å². The summed E-state index contributed by atoms with van der Waals surface area (Å²) in [5.74, 6) is 0. The van der Waals surface area contributed by atoms with Gasteiger partial charge in [0.15, 0.2) is 0 Å². The summed E-state index contributed by atoms with van der Waals surface area (Å²) in [6.45, 7) is 8.55. The van der Waals surface area contributed by atoms with Crippen LogP contribution in [0.25, 0.3) is 0 Å². The van der Waals surface area contributed by atoms with E-state index in [2.05, 4.69) is 23.4 Å². The van der Waals surface area contributed by atoms with Crippen molar-refractivity contribution in [1.29, 1.82) is 0 Å². The highest BCUT2D eigenvalue weighted by molar-refractivity contribution is 4.97. The molecule has 92 valence electrons. The molecule has 0 saturated heterocycles. The molecule has 0 aliphatic carbocycles. The zero-order chi connectivity index (χ0) is 12.0. The van der Waals surface area contributed by atoms with Gasteiger partial charge in [0.2, 0.25) is 0 Å². The van der Waals surface area contributed by atoms with Gasteiger partial charge in [-0.05, 0) is 26.8 Å². The molecule has 16 heavy (non-hydrogen) atoms. The fraction of sp³-hybridized carbons (Fsp3) is 0.750. The summed E-state index contributed by atoms with van der Waals surface area (Å²) in [5.41, 5.74) is 0.505. The van der Waals surface area contributed by atoms with Crippen LogP contribution in [0.4, 0.5) is 0 Å². The highest BCUT2D eigenvalue weighted by Crippen LogP contribution is 2.09. The number of hydrogen-bond donors (Lipinski definition) is 2. The van der Waals surface area contributed by atoms with E-state index < -0.39 is 5.60 Å². The normalized spacial score (nSPS) is 12.0. The molecule has 0 aliphatic rings. The van der Waals surface area contributed by atoms with E-state index in [0.29, 0.717) is 0 Å². The van der Waals surface area contributed by atoms with Crippen molar-refractivity contribution in [2.75, 3.05) is 13.1 Å². The molecule has 1 rings (SSSR count). The predicted octanol–water partition coefficient (Wildman–Crippen LogP) is 1.20. The van der Waals surface area contributed by atoms with Crippen molar-refractivity contribution in [2.45, 2.75) is 45.8 Å². The Morgan fingerprint density at radius 2 is 2.25 bits per heavy atom. The lowest BCUT2D eigenvalue weighted by Gasteiger charge is -2.16. The van der Waals surface area contributed by atoms with Gasteiger partial charge >= 0.3 is 0 Å². The number of aliphatic hydroxyl groups is 1. The molecular weight excluding hydrogens is 202 g/mol. The van der Waals surface area contributed by atoms with Gasteiger partial charge in [-0.2, -0.15) is 0 Å². The average Bonchev–Trinajstić information content (AvgIpc) is 2.62. The molecular formula is C12H23N3O. The van der Waals surface area contributed by atoms with E-state index in [0.717, 1.165) is 38.2 Å². The minimum Gasteiger partial charge on any atom is -0.390 e. The average molecular weight is 225 g/mol. The number of nitrogens with zero attached hydrogens (tertiary/aromatic N) is 2. The third-order valence-corrected chi connectivity index (χ3v) is 2.48. The Labute approximate surface area is 97.7 Å². The van der Waals surface area contributed by atoms with Crippen LogP contribution in [-0.2, 0) is 13.0 Å². The summed E-state index contributed by atoms with van der Waals surface area (Å²) in [7, 11) is 0. The van der Waals surface area contributed by atoms with Crippen LogP contribution in [0.2, 0.25) is 0 Å². The Hall–Kier alpha value is -0.870. The smallest absolute Gasteiger partial charge is 0.0949 e. The zero-order valence-corrected chi connectivity index (χ0v) is 10.5. The number of hydrogen-bond acceptors (Lipinski definition) is 3. The van der Waals surface area contributed by atoms with Crippen LogP contribution in [-0.4, -0.2) is 33.3 Å². The molecule has 0 bridgehead atoms. The first-order chi connectivity index (χ1) is 7.51. The Kier molecular flexibility index (Phi) is 4.96. The molecule has 0 unspecified atom stereocenters. The van der Waals surface area contributed by atoms with Crippen molar-refractivity contribution in [2.24, 2.45) is 0 Å². The summed E-state index contributed by atoms with van der Waals surface area (Å²) < 4.78 is 2.04. The van der Waals surface area contributed by atoms with Crippen molar-refractivity contribution < 1.29 is 5.11 Å². The van der Waals surface area contributed by atoms with Gasteiger partial charge in [-0.1, -0.05) is 6.92 Å². The molecule has 0 aromatic carbocycles. The van der Waals surface area contributed by atoms with Crippen LogP contribution in [0, 0.1) is 0 Å². The predicted molar refractivity (Wildman–Crippen MR) is 65.4 cm³/mol. The quantitative estimate of drug-likeness (QED) is 0.685. The standard InChI is InChI=1S/C12H23N3O/c1-4-13-7-5-11-9-15(10-14-11)8-6-12(2,3)16/h9-10,13,16H,4-8H2,1-3H3.